The van der Waals surface area contributed by atoms with Crippen LogP contribution in [0, 0.1) is 0 Å². The molecule has 116 valence electrons. The van der Waals surface area contributed by atoms with Crippen LogP contribution in [-0.2, 0) is 0 Å². The number of ether oxygens (including phenoxy) is 4. The molecule has 0 N–H and O–H groups in total. The van der Waals surface area contributed by atoms with Crippen LogP contribution in [-0.4, -0.2) is 33.2 Å². The lowest BCUT2D eigenvalue weighted by atomic mass is 9.95. The Kier molecular flexibility index (Phi) is 3.56. The van der Waals surface area contributed by atoms with Crippen molar-refractivity contribution in [1.29, 1.82) is 0 Å². The van der Waals surface area contributed by atoms with Crippen molar-refractivity contribution in [2.24, 2.45) is 0 Å². The van der Waals surface area contributed by atoms with E-state index in [2.05, 4.69) is 0 Å². The maximum absolute atomic E-state index is 12.4. The maximum atomic E-state index is 12.4. The topological polar surface area (TPSA) is 54.0 Å². The van der Waals surface area contributed by atoms with E-state index < -0.39 is 0 Å². The zero-order valence-electron chi connectivity index (χ0n) is 13.1. The van der Waals surface area contributed by atoms with Gasteiger partial charge in [-0.1, -0.05) is 0 Å². The number of ketones is 1. The van der Waals surface area contributed by atoms with Gasteiger partial charge in [-0.3, -0.25) is 4.79 Å². The van der Waals surface area contributed by atoms with Crippen LogP contribution in [0.1, 0.15) is 23.7 Å². The third-order valence-electron chi connectivity index (χ3n) is 3.84. The first kappa shape index (κ1) is 14.5. The van der Waals surface area contributed by atoms with Crippen LogP contribution in [0.5, 0.6) is 23.0 Å². The minimum Gasteiger partial charge on any atom is -0.497 e. The van der Waals surface area contributed by atoms with E-state index in [1.54, 1.807) is 27.4 Å². The van der Waals surface area contributed by atoms with E-state index in [-0.39, 0.29) is 11.9 Å². The summed E-state index contributed by atoms with van der Waals surface area (Å²) in [5.41, 5.74) is 0.483. The second-order valence-corrected chi connectivity index (χ2v) is 5.27. The highest BCUT2D eigenvalue weighted by molar-refractivity contribution is 6.10. The van der Waals surface area contributed by atoms with E-state index in [0.717, 1.165) is 10.8 Å². The van der Waals surface area contributed by atoms with Gasteiger partial charge in [0.15, 0.2) is 5.78 Å². The van der Waals surface area contributed by atoms with Gasteiger partial charge in [-0.05, 0) is 24.4 Å². The number of hydrogen-bond donors (Lipinski definition) is 0. The molecule has 0 bridgehead atoms. The summed E-state index contributed by atoms with van der Waals surface area (Å²) in [7, 11) is 4.72. The summed E-state index contributed by atoms with van der Waals surface area (Å²) >= 11 is 0. The second-order valence-electron chi connectivity index (χ2n) is 5.27. The Morgan fingerprint density at radius 3 is 2.41 bits per heavy atom. The van der Waals surface area contributed by atoms with Crippen molar-refractivity contribution < 1.29 is 23.7 Å². The molecule has 0 amide bonds. The molecule has 0 aromatic heterocycles. The molecular formula is C17H18O5. The molecule has 5 heteroatoms. The number of Topliss-reactive ketones (excluding diaryl/α,β-unsaturated/α-hetero) is 1. The Bertz CT molecular complexity index is 751. The van der Waals surface area contributed by atoms with Gasteiger partial charge in [0.05, 0.1) is 26.7 Å². The Morgan fingerprint density at radius 1 is 1.05 bits per heavy atom. The molecule has 1 atom stereocenters. The summed E-state index contributed by atoms with van der Waals surface area (Å²) in [5.74, 6) is 2.33. The Morgan fingerprint density at radius 2 is 1.77 bits per heavy atom. The third-order valence-corrected chi connectivity index (χ3v) is 3.84. The maximum Gasteiger partial charge on any atom is 0.174 e. The van der Waals surface area contributed by atoms with Gasteiger partial charge in [-0.25, -0.2) is 0 Å². The average molecular weight is 302 g/mol. The Labute approximate surface area is 128 Å². The molecule has 1 heterocycles. The first-order valence-corrected chi connectivity index (χ1v) is 7.05. The molecule has 3 rings (SSSR count). The van der Waals surface area contributed by atoms with Gasteiger partial charge in [0, 0.05) is 12.5 Å². The third kappa shape index (κ3) is 2.13. The lowest BCUT2D eigenvalue weighted by Crippen LogP contribution is -2.24. The summed E-state index contributed by atoms with van der Waals surface area (Å²) in [4.78, 5) is 12.4. The van der Waals surface area contributed by atoms with Crippen molar-refractivity contribution in [3.8, 4) is 23.0 Å². The summed E-state index contributed by atoms with van der Waals surface area (Å²) < 4.78 is 22.1. The van der Waals surface area contributed by atoms with E-state index >= 15 is 0 Å². The molecular weight excluding hydrogens is 284 g/mol. The van der Waals surface area contributed by atoms with Crippen LogP contribution >= 0.6 is 0 Å². The van der Waals surface area contributed by atoms with Crippen LogP contribution in [0.3, 0.4) is 0 Å². The van der Waals surface area contributed by atoms with Crippen molar-refractivity contribution >= 4 is 16.6 Å². The number of methoxy groups -OCH3 is 3. The van der Waals surface area contributed by atoms with Crippen molar-refractivity contribution in [2.75, 3.05) is 21.3 Å². The second kappa shape index (κ2) is 5.40. The zero-order chi connectivity index (χ0) is 15.9. The van der Waals surface area contributed by atoms with Gasteiger partial charge < -0.3 is 18.9 Å². The van der Waals surface area contributed by atoms with E-state index in [1.165, 1.54) is 0 Å². The molecule has 5 nitrogen and oxygen atoms in total. The fourth-order valence-corrected chi connectivity index (χ4v) is 2.85. The first-order chi connectivity index (χ1) is 10.6. The number of fused-ring (bicyclic) bond motifs is 3. The zero-order valence-corrected chi connectivity index (χ0v) is 13.1. The summed E-state index contributed by atoms with van der Waals surface area (Å²) in [6.45, 7) is 1.88. The van der Waals surface area contributed by atoms with E-state index in [0.29, 0.717) is 35.0 Å². The van der Waals surface area contributed by atoms with Crippen molar-refractivity contribution in [2.45, 2.75) is 19.4 Å². The minimum atomic E-state index is -0.179. The molecule has 2 aromatic rings. The standard InChI is InChI=1S/C17H18O5/c1-9-5-12(18)16-13(20-3)7-10-6-11(19-2)8-14(21-4)15(10)17(16)22-9/h6-9H,5H2,1-4H3. The van der Waals surface area contributed by atoms with E-state index in [9.17, 15) is 4.79 Å². The quantitative estimate of drug-likeness (QED) is 0.871. The van der Waals surface area contributed by atoms with Crippen molar-refractivity contribution in [3.05, 3.63) is 23.8 Å². The number of rotatable bonds is 3. The number of carbonyl (C=O) groups is 1. The Balaban J connectivity index is 2.41. The summed E-state index contributed by atoms with van der Waals surface area (Å²) in [6.07, 6.45) is 0.162. The number of carbonyl (C=O) groups excluding carboxylic acids is 1. The average Bonchev–Trinajstić information content (AvgIpc) is 2.52. The van der Waals surface area contributed by atoms with Gasteiger partial charge in [0.25, 0.3) is 0 Å². The summed E-state index contributed by atoms with van der Waals surface area (Å²) in [6, 6.07) is 5.46. The normalized spacial score (nSPS) is 16.9. The van der Waals surface area contributed by atoms with E-state index in [4.69, 9.17) is 18.9 Å². The molecule has 0 saturated heterocycles. The van der Waals surface area contributed by atoms with Gasteiger partial charge in [0.1, 0.15) is 34.7 Å². The highest BCUT2D eigenvalue weighted by Crippen LogP contribution is 2.46. The molecule has 0 saturated carbocycles. The summed E-state index contributed by atoms with van der Waals surface area (Å²) in [5, 5.41) is 1.60. The number of hydrogen-bond acceptors (Lipinski definition) is 5. The predicted molar refractivity (Wildman–Crippen MR) is 82.6 cm³/mol. The van der Waals surface area contributed by atoms with Gasteiger partial charge in [-0.15, -0.1) is 0 Å². The number of benzene rings is 2. The molecule has 0 fully saturated rings. The lowest BCUT2D eigenvalue weighted by molar-refractivity contribution is 0.0869. The fraction of sp³-hybridized carbons (Fsp3) is 0.353. The highest BCUT2D eigenvalue weighted by Gasteiger charge is 2.30. The van der Waals surface area contributed by atoms with Crippen LogP contribution in [0.25, 0.3) is 10.8 Å². The van der Waals surface area contributed by atoms with Gasteiger partial charge >= 0.3 is 0 Å². The van der Waals surface area contributed by atoms with E-state index in [1.807, 2.05) is 19.1 Å². The smallest absolute Gasteiger partial charge is 0.174 e. The predicted octanol–water partition coefficient (Wildman–Crippen LogP) is 3.22. The van der Waals surface area contributed by atoms with Crippen LogP contribution in [0.4, 0.5) is 0 Å². The monoisotopic (exact) mass is 302 g/mol. The van der Waals surface area contributed by atoms with Crippen LogP contribution in [0.15, 0.2) is 18.2 Å². The Hall–Kier alpha value is -2.43. The van der Waals surface area contributed by atoms with Crippen molar-refractivity contribution in [3.63, 3.8) is 0 Å². The largest absolute Gasteiger partial charge is 0.497 e. The molecule has 0 radical (unpaired) electrons. The van der Waals surface area contributed by atoms with Gasteiger partial charge in [0.2, 0.25) is 0 Å². The first-order valence-electron chi connectivity index (χ1n) is 7.05. The van der Waals surface area contributed by atoms with Crippen LogP contribution < -0.4 is 18.9 Å². The molecule has 1 unspecified atom stereocenters. The fourth-order valence-electron chi connectivity index (χ4n) is 2.85. The van der Waals surface area contributed by atoms with Crippen molar-refractivity contribution in [1.82, 2.24) is 0 Å². The SMILES string of the molecule is COc1cc(OC)c2c3c(c(OC)cc2c1)C(=O)CC(C)O3. The molecule has 0 spiro atoms. The molecule has 1 aliphatic heterocycles. The molecule has 2 aromatic carbocycles. The molecule has 1 aliphatic rings. The lowest BCUT2D eigenvalue weighted by Gasteiger charge is -2.26. The highest BCUT2D eigenvalue weighted by atomic mass is 16.5. The van der Waals surface area contributed by atoms with Crippen LogP contribution in [0.2, 0.25) is 0 Å². The molecule has 0 aliphatic carbocycles. The minimum absolute atomic E-state index is 0.0189. The van der Waals surface area contributed by atoms with Gasteiger partial charge in [-0.2, -0.15) is 0 Å². The molecule has 22 heavy (non-hydrogen) atoms.